The van der Waals surface area contributed by atoms with Crippen molar-refractivity contribution in [1.29, 1.82) is 0 Å². The van der Waals surface area contributed by atoms with Gasteiger partial charge in [0, 0.05) is 18.1 Å². The maximum absolute atomic E-state index is 10.4. The Morgan fingerprint density at radius 1 is 1.27 bits per heavy atom. The van der Waals surface area contributed by atoms with Crippen molar-refractivity contribution >= 4 is 6.29 Å². The molecule has 5 nitrogen and oxygen atoms in total. The number of carbonyl (C=O) groups excluding carboxylic acids is 1. The predicted molar refractivity (Wildman–Crippen MR) is 54.0 cm³/mol. The fourth-order valence-corrected chi connectivity index (χ4v) is 1.33. The predicted octanol–water partition coefficient (Wildman–Crippen LogP) is 1.09. The van der Waals surface area contributed by atoms with Gasteiger partial charge in [0.05, 0.1) is 11.3 Å². The van der Waals surface area contributed by atoms with E-state index in [4.69, 9.17) is 0 Å². The van der Waals surface area contributed by atoms with Gasteiger partial charge in [0.2, 0.25) is 0 Å². The summed E-state index contributed by atoms with van der Waals surface area (Å²) in [7, 11) is 0. The molecule has 0 amide bonds. The van der Waals surface area contributed by atoms with E-state index in [2.05, 4.69) is 15.1 Å². The van der Waals surface area contributed by atoms with Crippen molar-refractivity contribution < 1.29 is 4.79 Å². The molecule has 0 saturated heterocycles. The van der Waals surface area contributed by atoms with Crippen molar-refractivity contribution in [1.82, 2.24) is 19.7 Å². The van der Waals surface area contributed by atoms with E-state index in [1.807, 2.05) is 19.9 Å². The highest BCUT2D eigenvalue weighted by Crippen LogP contribution is 2.06. The van der Waals surface area contributed by atoms with Crippen molar-refractivity contribution in [3.8, 4) is 5.95 Å². The summed E-state index contributed by atoms with van der Waals surface area (Å²) in [4.78, 5) is 18.5. The highest BCUT2D eigenvalue weighted by Gasteiger charge is 2.05. The van der Waals surface area contributed by atoms with Gasteiger partial charge in [-0.15, -0.1) is 0 Å². The van der Waals surface area contributed by atoms with Crippen molar-refractivity contribution in [3.63, 3.8) is 0 Å². The van der Waals surface area contributed by atoms with Crippen LogP contribution in [0, 0.1) is 13.8 Å². The summed E-state index contributed by atoms with van der Waals surface area (Å²) in [5, 5.41) is 4.24. The molecule has 2 aromatic heterocycles. The van der Waals surface area contributed by atoms with Crippen LogP contribution in [0.3, 0.4) is 0 Å². The van der Waals surface area contributed by atoms with Gasteiger partial charge in [-0.05, 0) is 19.9 Å². The zero-order chi connectivity index (χ0) is 10.8. The van der Waals surface area contributed by atoms with Gasteiger partial charge < -0.3 is 0 Å². The van der Waals surface area contributed by atoms with Gasteiger partial charge in [-0.2, -0.15) is 5.10 Å². The second kappa shape index (κ2) is 3.61. The Morgan fingerprint density at radius 2 is 1.93 bits per heavy atom. The number of hydrogen-bond acceptors (Lipinski definition) is 4. The van der Waals surface area contributed by atoms with Crippen LogP contribution in [0.5, 0.6) is 0 Å². The smallest absolute Gasteiger partial charge is 0.250 e. The molecule has 0 bridgehead atoms. The van der Waals surface area contributed by atoms with E-state index in [-0.39, 0.29) is 0 Å². The number of nitrogens with zero attached hydrogens (tertiary/aromatic N) is 4. The first-order chi connectivity index (χ1) is 7.20. The first kappa shape index (κ1) is 9.51. The van der Waals surface area contributed by atoms with E-state index in [0.717, 1.165) is 11.4 Å². The molecule has 0 spiro atoms. The minimum atomic E-state index is 0.459. The van der Waals surface area contributed by atoms with Gasteiger partial charge in [0.1, 0.15) is 0 Å². The van der Waals surface area contributed by atoms with Crippen LogP contribution in [0.4, 0.5) is 0 Å². The van der Waals surface area contributed by atoms with Gasteiger partial charge in [-0.3, -0.25) is 4.79 Å². The highest BCUT2D eigenvalue weighted by atomic mass is 16.1. The lowest BCUT2D eigenvalue weighted by Gasteiger charge is -2.00. The molecule has 5 heteroatoms. The Labute approximate surface area is 86.8 Å². The van der Waals surface area contributed by atoms with Crippen molar-refractivity contribution in [3.05, 3.63) is 35.4 Å². The summed E-state index contributed by atoms with van der Waals surface area (Å²) >= 11 is 0. The maximum Gasteiger partial charge on any atom is 0.250 e. The minimum absolute atomic E-state index is 0.459. The first-order valence-electron chi connectivity index (χ1n) is 4.51. The summed E-state index contributed by atoms with van der Waals surface area (Å²) in [6, 6.07) is 1.94. The molecule has 0 aliphatic rings. The van der Waals surface area contributed by atoms with Gasteiger partial charge in [-0.25, -0.2) is 14.6 Å². The number of aryl methyl sites for hydroxylation is 2. The summed E-state index contributed by atoms with van der Waals surface area (Å²) in [6.07, 6.45) is 3.67. The average Bonchev–Trinajstić information content (AvgIpc) is 2.58. The van der Waals surface area contributed by atoms with E-state index in [9.17, 15) is 4.79 Å². The van der Waals surface area contributed by atoms with Crippen LogP contribution in [0.25, 0.3) is 5.95 Å². The summed E-state index contributed by atoms with van der Waals surface area (Å²) in [6.45, 7) is 3.83. The molecule has 0 aliphatic carbocycles. The zero-order valence-electron chi connectivity index (χ0n) is 8.51. The molecule has 76 valence electrons. The molecular weight excluding hydrogens is 192 g/mol. The Bertz CT molecular complexity index is 487. The SMILES string of the molecule is Cc1cc(C)n(-c2ncc(C=O)cn2)n1. The molecule has 2 aromatic rings. The molecule has 2 heterocycles. The van der Waals surface area contributed by atoms with E-state index in [0.29, 0.717) is 17.8 Å². The van der Waals surface area contributed by atoms with Crippen molar-refractivity contribution in [2.75, 3.05) is 0 Å². The Morgan fingerprint density at radius 3 is 2.40 bits per heavy atom. The zero-order valence-corrected chi connectivity index (χ0v) is 8.51. The molecule has 0 unspecified atom stereocenters. The summed E-state index contributed by atoms with van der Waals surface area (Å²) < 4.78 is 1.64. The third-order valence-corrected chi connectivity index (χ3v) is 1.99. The standard InChI is InChI=1S/C10H10N4O/c1-7-3-8(2)14(13-7)10-11-4-9(6-15)5-12-10/h3-6H,1-2H3. The largest absolute Gasteiger partial charge is 0.298 e. The van der Waals surface area contributed by atoms with Gasteiger partial charge in [-0.1, -0.05) is 0 Å². The van der Waals surface area contributed by atoms with Crippen molar-refractivity contribution in [2.24, 2.45) is 0 Å². The number of aromatic nitrogens is 4. The first-order valence-corrected chi connectivity index (χ1v) is 4.51. The lowest BCUT2D eigenvalue weighted by atomic mass is 10.4. The second-order valence-electron chi connectivity index (χ2n) is 3.27. The molecule has 2 rings (SSSR count). The molecule has 0 saturated carbocycles. The Balaban J connectivity index is 2.45. The molecule has 0 N–H and O–H groups in total. The van der Waals surface area contributed by atoms with Crippen LogP contribution in [-0.4, -0.2) is 26.0 Å². The second-order valence-corrected chi connectivity index (χ2v) is 3.27. The fraction of sp³-hybridized carbons (Fsp3) is 0.200. The number of carbonyl (C=O) groups is 1. The van der Waals surface area contributed by atoms with Gasteiger partial charge >= 0.3 is 0 Å². The topological polar surface area (TPSA) is 60.7 Å². The third kappa shape index (κ3) is 1.76. The van der Waals surface area contributed by atoms with E-state index < -0.39 is 0 Å². The van der Waals surface area contributed by atoms with E-state index >= 15 is 0 Å². The molecule has 0 aliphatic heterocycles. The molecule has 0 radical (unpaired) electrons. The third-order valence-electron chi connectivity index (χ3n) is 1.99. The Kier molecular flexibility index (Phi) is 2.29. The molecular formula is C10H10N4O. The van der Waals surface area contributed by atoms with Crippen LogP contribution in [-0.2, 0) is 0 Å². The van der Waals surface area contributed by atoms with Crippen molar-refractivity contribution in [2.45, 2.75) is 13.8 Å². The molecule has 0 fully saturated rings. The minimum Gasteiger partial charge on any atom is -0.298 e. The van der Waals surface area contributed by atoms with Crippen LogP contribution in [0.2, 0.25) is 0 Å². The van der Waals surface area contributed by atoms with E-state index in [1.165, 1.54) is 12.4 Å². The quantitative estimate of drug-likeness (QED) is 0.684. The number of hydrogen-bond donors (Lipinski definition) is 0. The lowest BCUT2D eigenvalue weighted by molar-refractivity contribution is 0.112. The maximum atomic E-state index is 10.4. The van der Waals surface area contributed by atoms with Gasteiger partial charge in [0.15, 0.2) is 6.29 Å². The summed E-state index contributed by atoms with van der Waals surface area (Å²) in [5.41, 5.74) is 2.34. The van der Waals surface area contributed by atoms with Crippen LogP contribution >= 0.6 is 0 Å². The molecule has 0 aromatic carbocycles. The molecule has 0 atom stereocenters. The van der Waals surface area contributed by atoms with Crippen LogP contribution in [0.1, 0.15) is 21.7 Å². The Hall–Kier alpha value is -2.04. The normalized spacial score (nSPS) is 10.3. The average molecular weight is 202 g/mol. The lowest BCUT2D eigenvalue weighted by Crippen LogP contribution is -2.04. The van der Waals surface area contributed by atoms with Gasteiger partial charge in [0.25, 0.3) is 5.95 Å². The van der Waals surface area contributed by atoms with E-state index in [1.54, 1.807) is 4.68 Å². The van der Waals surface area contributed by atoms with Crippen LogP contribution < -0.4 is 0 Å². The number of rotatable bonds is 2. The number of aldehydes is 1. The monoisotopic (exact) mass is 202 g/mol. The van der Waals surface area contributed by atoms with Crippen LogP contribution in [0.15, 0.2) is 18.5 Å². The summed E-state index contributed by atoms with van der Waals surface area (Å²) in [5.74, 6) is 0.478. The fourth-order valence-electron chi connectivity index (χ4n) is 1.33. The molecule has 15 heavy (non-hydrogen) atoms. The highest BCUT2D eigenvalue weighted by molar-refractivity contribution is 5.73.